The average molecular weight is 220 g/mol. The number of benzene rings is 1. The third-order valence-electron chi connectivity index (χ3n) is 3.75. The topological polar surface area (TPSA) is 26.3 Å². The Kier molecular flexibility index (Phi) is 3.41. The molecule has 0 radical (unpaired) electrons. The van der Waals surface area contributed by atoms with Crippen molar-refractivity contribution in [3.63, 3.8) is 0 Å². The smallest absolute Gasteiger partial charge is 0.312 e. The number of carbonyl (C=O) groups is 1. The SMILES string of the molecule is COC(=O)C(C)(C)C(C)(C)c1ccccc1. The van der Waals surface area contributed by atoms with Crippen LogP contribution in [0.15, 0.2) is 30.3 Å². The molecule has 0 saturated heterocycles. The summed E-state index contributed by atoms with van der Waals surface area (Å²) in [5, 5.41) is 0. The van der Waals surface area contributed by atoms with Crippen LogP contribution in [-0.2, 0) is 14.9 Å². The lowest BCUT2D eigenvalue weighted by molar-refractivity contribution is -0.154. The van der Waals surface area contributed by atoms with E-state index >= 15 is 0 Å². The Labute approximate surface area is 97.6 Å². The molecule has 1 aromatic carbocycles. The molecule has 0 atom stereocenters. The van der Waals surface area contributed by atoms with Gasteiger partial charge in [-0.1, -0.05) is 44.2 Å². The van der Waals surface area contributed by atoms with Crippen LogP contribution in [0.5, 0.6) is 0 Å². The molecule has 1 rings (SSSR count). The first kappa shape index (κ1) is 12.8. The number of ether oxygens (including phenoxy) is 1. The van der Waals surface area contributed by atoms with Gasteiger partial charge in [-0.2, -0.15) is 0 Å². The van der Waals surface area contributed by atoms with Gasteiger partial charge in [0.15, 0.2) is 0 Å². The zero-order valence-electron chi connectivity index (χ0n) is 10.7. The predicted octanol–water partition coefficient (Wildman–Crippen LogP) is 3.16. The van der Waals surface area contributed by atoms with Crippen molar-refractivity contribution < 1.29 is 9.53 Å². The number of hydrogen-bond acceptors (Lipinski definition) is 2. The van der Waals surface area contributed by atoms with Crippen molar-refractivity contribution in [2.24, 2.45) is 5.41 Å². The Morgan fingerprint density at radius 1 is 1.06 bits per heavy atom. The molecule has 0 heterocycles. The molecular weight excluding hydrogens is 200 g/mol. The zero-order chi connectivity index (χ0) is 12.4. The molecule has 0 fully saturated rings. The highest BCUT2D eigenvalue weighted by atomic mass is 16.5. The van der Waals surface area contributed by atoms with Crippen LogP contribution < -0.4 is 0 Å². The predicted molar refractivity (Wildman–Crippen MR) is 65.3 cm³/mol. The molecule has 0 saturated carbocycles. The first-order valence-corrected chi connectivity index (χ1v) is 5.48. The summed E-state index contributed by atoms with van der Waals surface area (Å²) in [6.07, 6.45) is 0. The second-order valence-corrected chi connectivity index (χ2v) is 5.11. The molecule has 0 bridgehead atoms. The maximum Gasteiger partial charge on any atom is 0.312 e. The fourth-order valence-corrected chi connectivity index (χ4v) is 1.73. The molecule has 2 nitrogen and oxygen atoms in total. The molecular formula is C14H20O2. The van der Waals surface area contributed by atoms with Crippen molar-refractivity contribution in [1.82, 2.24) is 0 Å². The Balaban J connectivity index is 3.16. The molecule has 0 amide bonds. The second kappa shape index (κ2) is 4.28. The van der Waals surface area contributed by atoms with Crippen molar-refractivity contribution in [1.29, 1.82) is 0 Å². The third kappa shape index (κ3) is 1.97. The van der Waals surface area contributed by atoms with Crippen molar-refractivity contribution >= 4 is 5.97 Å². The molecule has 1 aromatic rings. The number of esters is 1. The average Bonchev–Trinajstić information content (AvgIpc) is 2.28. The Morgan fingerprint density at radius 3 is 2.00 bits per heavy atom. The van der Waals surface area contributed by atoms with Gasteiger partial charge in [-0.05, 0) is 19.4 Å². The molecule has 0 N–H and O–H groups in total. The van der Waals surface area contributed by atoms with E-state index in [9.17, 15) is 4.79 Å². The summed E-state index contributed by atoms with van der Waals surface area (Å²) >= 11 is 0. The lowest BCUT2D eigenvalue weighted by Gasteiger charge is -2.39. The van der Waals surface area contributed by atoms with E-state index in [0.29, 0.717) is 0 Å². The molecule has 16 heavy (non-hydrogen) atoms. The van der Waals surface area contributed by atoms with Gasteiger partial charge in [-0.25, -0.2) is 0 Å². The lowest BCUT2D eigenvalue weighted by Crippen LogP contribution is -2.43. The van der Waals surface area contributed by atoms with E-state index in [1.165, 1.54) is 7.11 Å². The van der Waals surface area contributed by atoms with Gasteiger partial charge in [-0.3, -0.25) is 4.79 Å². The van der Waals surface area contributed by atoms with Gasteiger partial charge in [0.1, 0.15) is 0 Å². The quantitative estimate of drug-likeness (QED) is 0.731. The second-order valence-electron chi connectivity index (χ2n) is 5.11. The molecule has 0 spiro atoms. The summed E-state index contributed by atoms with van der Waals surface area (Å²) in [7, 11) is 1.44. The fraction of sp³-hybridized carbons (Fsp3) is 0.500. The fourth-order valence-electron chi connectivity index (χ4n) is 1.73. The van der Waals surface area contributed by atoms with Gasteiger partial charge < -0.3 is 4.74 Å². The van der Waals surface area contributed by atoms with E-state index in [4.69, 9.17) is 4.74 Å². The number of carbonyl (C=O) groups excluding carboxylic acids is 1. The normalized spacial score (nSPS) is 12.3. The van der Waals surface area contributed by atoms with Gasteiger partial charge in [0, 0.05) is 5.41 Å². The van der Waals surface area contributed by atoms with Crippen molar-refractivity contribution in [3.8, 4) is 0 Å². The van der Waals surface area contributed by atoms with Crippen LogP contribution >= 0.6 is 0 Å². The van der Waals surface area contributed by atoms with Gasteiger partial charge >= 0.3 is 5.97 Å². The minimum Gasteiger partial charge on any atom is -0.469 e. The number of rotatable bonds is 3. The lowest BCUT2D eigenvalue weighted by atomic mass is 9.64. The maximum atomic E-state index is 11.8. The van der Waals surface area contributed by atoms with Gasteiger partial charge in [-0.15, -0.1) is 0 Å². The zero-order valence-corrected chi connectivity index (χ0v) is 10.7. The highest BCUT2D eigenvalue weighted by Crippen LogP contribution is 2.41. The van der Waals surface area contributed by atoms with Crippen molar-refractivity contribution in [2.45, 2.75) is 33.1 Å². The minimum atomic E-state index is -0.552. The summed E-state index contributed by atoms with van der Waals surface area (Å²) in [4.78, 5) is 11.8. The minimum absolute atomic E-state index is 0.179. The van der Waals surface area contributed by atoms with E-state index in [1.54, 1.807) is 0 Å². The number of hydrogen-bond donors (Lipinski definition) is 0. The first-order chi connectivity index (χ1) is 7.34. The molecule has 0 aromatic heterocycles. The number of methoxy groups -OCH3 is 1. The van der Waals surface area contributed by atoms with Crippen LogP contribution in [0, 0.1) is 5.41 Å². The molecule has 0 aliphatic rings. The molecule has 88 valence electrons. The van der Waals surface area contributed by atoms with Gasteiger partial charge in [0.25, 0.3) is 0 Å². The summed E-state index contributed by atoms with van der Waals surface area (Å²) in [5.74, 6) is -0.179. The summed E-state index contributed by atoms with van der Waals surface area (Å²) in [6.45, 7) is 7.98. The highest BCUT2D eigenvalue weighted by Gasteiger charge is 2.45. The Morgan fingerprint density at radius 2 is 1.56 bits per heavy atom. The molecule has 0 aliphatic carbocycles. The van der Waals surface area contributed by atoms with Crippen LogP contribution in [0.4, 0.5) is 0 Å². The first-order valence-electron chi connectivity index (χ1n) is 5.48. The third-order valence-corrected chi connectivity index (χ3v) is 3.75. The van der Waals surface area contributed by atoms with Crippen LogP contribution in [-0.4, -0.2) is 13.1 Å². The van der Waals surface area contributed by atoms with Crippen LogP contribution in [0.1, 0.15) is 33.3 Å². The Hall–Kier alpha value is -1.31. The van der Waals surface area contributed by atoms with E-state index in [1.807, 2.05) is 44.2 Å². The summed E-state index contributed by atoms with van der Waals surface area (Å²) < 4.78 is 4.88. The molecule has 2 heteroatoms. The highest BCUT2D eigenvalue weighted by molar-refractivity contribution is 5.78. The van der Waals surface area contributed by atoms with Crippen LogP contribution in [0.25, 0.3) is 0 Å². The van der Waals surface area contributed by atoms with Crippen molar-refractivity contribution in [3.05, 3.63) is 35.9 Å². The summed E-state index contributed by atoms with van der Waals surface area (Å²) in [6, 6.07) is 10.1. The van der Waals surface area contributed by atoms with Crippen LogP contribution in [0.3, 0.4) is 0 Å². The Bertz CT molecular complexity index is 364. The van der Waals surface area contributed by atoms with E-state index < -0.39 is 5.41 Å². The van der Waals surface area contributed by atoms with Crippen LogP contribution in [0.2, 0.25) is 0 Å². The molecule has 0 aliphatic heterocycles. The standard InChI is InChI=1S/C14H20O2/c1-13(2,11-9-7-6-8-10-11)14(3,4)12(15)16-5/h6-10H,1-5H3. The van der Waals surface area contributed by atoms with E-state index in [2.05, 4.69) is 13.8 Å². The maximum absolute atomic E-state index is 11.8. The van der Waals surface area contributed by atoms with E-state index in [0.717, 1.165) is 5.56 Å². The van der Waals surface area contributed by atoms with Gasteiger partial charge in [0.05, 0.1) is 12.5 Å². The van der Waals surface area contributed by atoms with Crippen molar-refractivity contribution in [2.75, 3.05) is 7.11 Å². The largest absolute Gasteiger partial charge is 0.469 e. The molecule has 0 unspecified atom stereocenters. The monoisotopic (exact) mass is 220 g/mol. The van der Waals surface area contributed by atoms with Gasteiger partial charge in [0.2, 0.25) is 0 Å². The van der Waals surface area contributed by atoms with E-state index in [-0.39, 0.29) is 11.4 Å². The summed E-state index contributed by atoms with van der Waals surface area (Å²) in [5.41, 5.74) is 0.329.